The summed E-state index contributed by atoms with van der Waals surface area (Å²) >= 11 is 6.03. The second-order valence-electron chi connectivity index (χ2n) is 5.08. The Kier molecular flexibility index (Phi) is 4.01. The molecular weight excluding hydrogens is 317 g/mol. The van der Waals surface area contributed by atoms with Crippen LogP contribution < -0.4 is 0 Å². The zero-order valence-electron chi connectivity index (χ0n) is 11.4. The Bertz CT molecular complexity index is 690. The monoisotopic (exact) mass is 328 g/mol. The van der Waals surface area contributed by atoms with Crippen LogP contribution in [0.5, 0.6) is 0 Å². The van der Waals surface area contributed by atoms with Gasteiger partial charge in [0, 0.05) is 49.6 Å². The fraction of sp³-hybridized carbons (Fsp3) is 0.357. The SMILES string of the molecule is FC(F)(F)c1ncc2c(n1)CCN(Cc1cccnc1Cl)C2. The van der Waals surface area contributed by atoms with E-state index in [2.05, 4.69) is 19.9 Å². The van der Waals surface area contributed by atoms with Crippen LogP contribution in [0.4, 0.5) is 13.2 Å². The predicted molar refractivity (Wildman–Crippen MR) is 74.1 cm³/mol. The summed E-state index contributed by atoms with van der Waals surface area (Å²) in [7, 11) is 0. The summed E-state index contributed by atoms with van der Waals surface area (Å²) in [6, 6.07) is 3.69. The number of alkyl halides is 3. The number of pyridine rings is 1. The van der Waals surface area contributed by atoms with Crippen LogP contribution in [0.15, 0.2) is 24.5 Å². The molecule has 0 aliphatic carbocycles. The Labute approximate surface area is 130 Å². The van der Waals surface area contributed by atoms with Crippen molar-refractivity contribution in [3.63, 3.8) is 0 Å². The number of aromatic nitrogens is 3. The zero-order chi connectivity index (χ0) is 15.7. The lowest BCUT2D eigenvalue weighted by Gasteiger charge is -2.28. The Hall–Kier alpha value is -1.73. The van der Waals surface area contributed by atoms with Crippen molar-refractivity contribution in [1.82, 2.24) is 19.9 Å². The first-order valence-electron chi connectivity index (χ1n) is 6.67. The lowest BCUT2D eigenvalue weighted by Crippen LogP contribution is -2.31. The maximum atomic E-state index is 12.6. The van der Waals surface area contributed by atoms with E-state index in [9.17, 15) is 13.2 Å². The molecule has 2 aromatic heterocycles. The molecule has 0 aromatic carbocycles. The Morgan fingerprint density at radius 1 is 1.27 bits per heavy atom. The van der Waals surface area contributed by atoms with E-state index in [1.165, 1.54) is 6.20 Å². The van der Waals surface area contributed by atoms with Gasteiger partial charge in [-0.3, -0.25) is 4.90 Å². The van der Waals surface area contributed by atoms with E-state index >= 15 is 0 Å². The largest absolute Gasteiger partial charge is 0.451 e. The minimum Gasteiger partial charge on any atom is -0.294 e. The summed E-state index contributed by atoms with van der Waals surface area (Å²) in [5.41, 5.74) is 2.08. The van der Waals surface area contributed by atoms with E-state index in [0.29, 0.717) is 36.9 Å². The van der Waals surface area contributed by atoms with Crippen molar-refractivity contribution in [3.05, 3.63) is 52.3 Å². The van der Waals surface area contributed by atoms with Crippen LogP contribution in [-0.2, 0) is 25.7 Å². The molecule has 22 heavy (non-hydrogen) atoms. The molecule has 0 saturated heterocycles. The van der Waals surface area contributed by atoms with Gasteiger partial charge in [0.15, 0.2) is 0 Å². The van der Waals surface area contributed by atoms with Gasteiger partial charge < -0.3 is 0 Å². The zero-order valence-corrected chi connectivity index (χ0v) is 12.2. The molecule has 8 heteroatoms. The molecule has 0 atom stereocenters. The van der Waals surface area contributed by atoms with E-state index in [4.69, 9.17) is 11.6 Å². The highest BCUT2D eigenvalue weighted by Gasteiger charge is 2.35. The minimum atomic E-state index is -4.50. The van der Waals surface area contributed by atoms with Gasteiger partial charge in [0.05, 0.1) is 5.69 Å². The Balaban J connectivity index is 1.76. The quantitative estimate of drug-likeness (QED) is 0.794. The van der Waals surface area contributed by atoms with Crippen molar-refractivity contribution in [2.45, 2.75) is 25.7 Å². The Morgan fingerprint density at radius 2 is 2.09 bits per heavy atom. The highest BCUT2D eigenvalue weighted by molar-refractivity contribution is 6.30. The van der Waals surface area contributed by atoms with Crippen LogP contribution >= 0.6 is 11.6 Å². The van der Waals surface area contributed by atoms with E-state index in [-0.39, 0.29) is 0 Å². The molecular formula is C14H12ClF3N4. The molecule has 3 heterocycles. The van der Waals surface area contributed by atoms with Crippen molar-refractivity contribution in [1.29, 1.82) is 0 Å². The molecule has 0 spiro atoms. The van der Waals surface area contributed by atoms with Crippen LogP contribution in [0.2, 0.25) is 5.15 Å². The summed E-state index contributed by atoms with van der Waals surface area (Å²) in [5.74, 6) is -1.07. The molecule has 2 aromatic rings. The van der Waals surface area contributed by atoms with Gasteiger partial charge >= 0.3 is 6.18 Å². The van der Waals surface area contributed by atoms with Crippen LogP contribution in [0.1, 0.15) is 22.6 Å². The molecule has 0 bridgehead atoms. The van der Waals surface area contributed by atoms with E-state index in [1.807, 2.05) is 6.07 Å². The van der Waals surface area contributed by atoms with Gasteiger partial charge in [0.1, 0.15) is 5.15 Å². The van der Waals surface area contributed by atoms with Crippen molar-refractivity contribution < 1.29 is 13.2 Å². The smallest absolute Gasteiger partial charge is 0.294 e. The summed E-state index contributed by atoms with van der Waals surface area (Å²) in [4.78, 5) is 13.2. The minimum absolute atomic E-state index is 0.442. The van der Waals surface area contributed by atoms with E-state index < -0.39 is 12.0 Å². The highest BCUT2D eigenvalue weighted by atomic mass is 35.5. The summed E-state index contributed by atoms with van der Waals surface area (Å²) in [6.07, 6.45) is -1.17. The van der Waals surface area contributed by atoms with Crippen molar-refractivity contribution in [3.8, 4) is 0 Å². The van der Waals surface area contributed by atoms with Gasteiger partial charge in [-0.2, -0.15) is 13.2 Å². The molecule has 1 aliphatic rings. The lowest BCUT2D eigenvalue weighted by molar-refractivity contribution is -0.145. The number of fused-ring (bicyclic) bond motifs is 1. The third kappa shape index (κ3) is 3.20. The molecule has 0 unspecified atom stereocenters. The van der Waals surface area contributed by atoms with Crippen molar-refractivity contribution in [2.75, 3.05) is 6.54 Å². The number of hydrogen-bond donors (Lipinski definition) is 0. The number of nitrogens with zero attached hydrogens (tertiary/aromatic N) is 4. The average molecular weight is 329 g/mol. The van der Waals surface area contributed by atoms with Gasteiger partial charge in [0.2, 0.25) is 5.82 Å². The van der Waals surface area contributed by atoms with Gasteiger partial charge in [-0.15, -0.1) is 0 Å². The van der Waals surface area contributed by atoms with E-state index in [0.717, 1.165) is 11.1 Å². The third-order valence-corrected chi connectivity index (χ3v) is 3.84. The molecule has 0 saturated carbocycles. The van der Waals surface area contributed by atoms with Gasteiger partial charge in [-0.1, -0.05) is 17.7 Å². The summed E-state index contributed by atoms with van der Waals surface area (Å²) in [6.45, 7) is 1.71. The molecule has 0 N–H and O–H groups in total. The van der Waals surface area contributed by atoms with Gasteiger partial charge in [-0.05, 0) is 6.07 Å². The predicted octanol–water partition coefficient (Wildman–Crippen LogP) is 3.10. The number of halogens is 4. The highest BCUT2D eigenvalue weighted by Crippen LogP contribution is 2.28. The molecule has 116 valence electrons. The first kappa shape index (κ1) is 15.2. The Morgan fingerprint density at radius 3 is 2.82 bits per heavy atom. The van der Waals surface area contributed by atoms with Crippen molar-refractivity contribution in [2.24, 2.45) is 0 Å². The van der Waals surface area contributed by atoms with Crippen LogP contribution in [-0.4, -0.2) is 26.4 Å². The van der Waals surface area contributed by atoms with Crippen LogP contribution in [0.25, 0.3) is 0 Å². The van der Waals surface area contributed by atoms with Crippen LogP contribution in [0, 0.1) is 0 Å². The molecule has 0 amide bonds. The molecule has 0 radical (unpaired) electrons. The third-order valence-electron chi connectivity index (χ3n) is 3.50. The first-order valence-corrected chi connectivity index (χ1v) is 7.05. The van der Waals surface area contributed by atoms with E-state index in [1.54, 1.807) is 12.3 Å². The van der Waals surface area contributed by atoms with Gasteiger partial charge in [-0.25, -0.2) is 15.0 Å². The topological polar surface area (TPSA) is 41.9 Å². The number of hydrogen-bond acceptors (Lipinski definition) is 4. The second kappa shape index (κ2) is 5.81. The molecule has 4 nitrogen and oxygen atoms in total. The standard InChI is InChI=1S/C14H12ClF3N4/c15-12-9(2-1-4-19-12)7-22-5-3-11-10(8-22)6-20-13(21-11)14(16,17)18/h1-2,4,6H,3,5,7-8H2. The van der Waals surface area contributed by atoms with Crippen LogP contribution in [0.3, 0.4) is 0 Å². The molecule has 0 fully saturated rings. The first-order chi connectivity index (χ1) is 10.4. The molecule has 1 aliphatic heterocycles. The normalized spacial score (nSPS) is 15.6. The fourth-order valence-corrected chi connectivity index (χ4v) is 2.60. The maximum Gasteiger partial charge on any atom is 0.451 e. The van der Waals surface area contributed by atoms with Crippen molar-refractivity contribution >= 4 is 11.6 Å². The molecule has 3 rings (SSSR count). The maximum absolute atomic E-state index is 12.6. The summed E-state index contributed by atoms with van der Waals surface area (Å²) < 4.78 is 37.8. The fourth-order valence-electron chi connectivity index (χ4n) is 2.42. The lowest BCUT2D eigenvalue weighted by atomic mass is 10.1. The average Bonchev–Trinajstić information content (AvgIpc) is 2.48. The van der Waals surface area contributed by atoms with Gasteiger partial charge in [0.25, 0.3) is 0 Å². The summed E-state index contributed by atoms with van der Waals surface area (Å²) in [5, 5.41) is 0.442. The number of rotatable bonds is 2. The second-order valence-corrected chi connectivity index (χ2v) is 5.44.